The lowest BCUT2D eigenvalue weighted by Crippen LogP contribution is -2.45. The summed E-state index contributed by atoms with van der Waals surface area (Å²) in [5.74, 6) is 1.12. The Kier molecular flexibility index (Phi) is 4.87. The van der Waals surface area contributed by atoms with Crippen LogP contribution in [0.4, 0.5) is 0 Å². The predicted molar refractivity (Wildman–Crippen MR) is 115 cm³/mol. The topological polar surface area (TPSA) is 60.4 Å². The average Bonchev–Trinajstić information content (AvgIpc) is 3.32. The molecule has 7 heteroatoms. The van der Waals surface area contributed by atoms with Gasteiger partial charge in [0.1, 0.15) is 0 Å². The van der Waals surface area contributed by atoms with Crippen LogP contribution in [0.15, 0.2) is 24.4 Å². The van der Waals surface area contributed by atoms with Gasteiger partial charge in [-0.05, 0) is 56.8 Å². The van der Waals surface area contributed by atoms with Crippen LogP contribution in [0.25, 0.3) is 21.3 Å². The summed E-state index contributed by atoms with van der Waals surface area (Å²) in [6, 6.07) is 8.13. The van der Waals surface area contributed by atoms with Gasteiger partial charge < -0.3 is 9.47 Å². The fourth-order valence-corrected chi connectivity index (χ4v) is 5.78. The molecule has 1 aromatic carbocycles. The maximum atomic E-state index is 5.45. The number of hydrogen-bond acceptors (Lipinski definition) is 7. The molecular weight excluding hydrogens is 384 g/mol. The highest BCUT2D eigenvalue weighted by Gasteiger charge is 2.39. The van der Waals surface area contributed by atoms with Crippen LogP contribution >= 0.6 is 11.3 Å². The number of methoxy groups -OCH3 is 2. The summed E-state index contributed by atoms with van der Waals surface area (Å²) in [7, 11) is 3.16. The van der Waals surface area contributed by atoms with E-state index in [-0.39, 0.29) is 0 Å². The summed E-state index contributed by atoms with van der Waals surface area (Å²) in [5, 5.41) is 1.28. The third-order valence-corrected chi connectivity index (χ3v) is 7.54. The van der Waals surface area contributed by atoms with E-state index in [1.54, 1.807) is 20.4 Å². The monoisotopic (exact) mass is 410 g/mol. The minimum absolute atomic E-state index is 0.304. The summed E-state index contributed by atoms with van der Waals surface area (Å²) in [5.41, 5.74) is 2.96. The van der Waals surface area contributed by atoms with Gasteiger partial charge in [0.25, 0.3) is 0 Å². The molecule has 1 atom stereocenters. The molecule has 0 unspecified atom stereocenters. The molecule has 0 N–H and O–H groups in total. The Morgan fingerprint density at radius 3 is 2.72 bits per heavy atom. The van der Waals surface area contributed by atoms with Crippen molar-refractivity contribution in [1.29, 1.82) is 0 Å². The second kappa shape index (κ2) is 7.54. The number of hydrogen-bond donors (Lipinski definition) is 0. The maximum absolute atomic E-state index is 5.45. The van der Waals surface area contributed by atoms with Crippen molar-refractivity contribution in [3.8, 4) is 23.0 Å². The van der Waals surface area contributed by atoms with E-state index >= 15 is 0 Å². The molecule has 0 bridgehead atoms. The predicted octanol–water partition coefficient (Wildman–Crippen LogP) is 4.50. The normalized spacial score (nSPS) is 24.6. The van der Waals surface area contributed by atoms with E-state index in [4.69, 9.17) is 14.5 Å². The number of ether oxygens (including phenoxy) is 2. The lowest BCUT2D eigenvalue weighted by Gasteiger charge is -2.42. The highest BCUT2D eigenvalue weighted by Crippen LogP contribution is 2.44. The van der Waals surface area contributed by atoms with Gasteiger partial charge in [-0.25, -0.2) is 9.97 Å². The van der Waals surface area contributed by atoms with Crippen LogP contribution in [0, 0.1) is 0 Å². The van der Waals surface area contributed by atoms with Gasteiger partial charge in [0.2, 0.25) is 5.88 Å². The Labute approximate surface area is 174 Å². The fourth-order valence-electron chi connectivity index (χ4n) is 4.65. The number of fused-ring (bicyclic) bond motifs is 1. The van der Waals surface area contributed by atoms with Gasteiger partial charge in [-0.2, -0.15) is 4.98 Å². The number of benzene rings is 1. The lowest BCUT2D eigenvalue weighted by atomic mass is 9.79. The second-order valence-corrected chi connectivity index (χ2v) is 9.13. The van der Waals surface area contributed by atoms with Gasteiger partial charge in [-0.1, -0.05) is 6.07 Å². The van der Waals surface area contributed by atoms with E-state index in [2.05, 4.69) is 40.0 Å². The Balaban J connectivity index is 1.37. The zero-order chi connectivity index (χ0) is 20.0. The summed E-state index contributed by atoms with van der Waals surface area (Å²) in [6.07, 6.45) is 6.95. The van der Waals surface area contributed by atoms with Crippen LogP contribution in [0.3, 0.4) is 0 Å². The Morgan fingerprint density at radius 2 is 2.00 bits per heavy atom. The summed E-state index contributed by atoms with van der Waals surface area (Å²) < 4.78 is 11.8. The highest BCUT2D eigenvalue weighted by atomic mass is 32.1. The van der Waals surface area contributed by atoms with Crippen molar-refractivity contribution in [2.75, 3.05) is 20.8 Å². The molecule has 3 aromatic rings. The molecule has 0 amide bonds. The minimum Gasteiger partial charge on any atom is -0.480 e. The molecule has 0 radical (unpaired) electrons. The quantitative estimate of drug-likeness (QED) is 0.617. The van der Waals surface area contributed by atoms with Crippen LogP contribution < -0.4 is 9.47 Å². The van der Waals surface area contributed by atoms with Crippen LogP contribution in [0.5, 0.6) is 11.9 Å². The molecule has 1 saturated heterocycles. The van der Waals surface area contributed by atoms with Crippen molar-refractivity contribution in [2.45, 2.75) is 50.6 Å². The third kappa shape index (κ3) is 3.36. The van der Waals surface area contributed by atoms with Crippen LogP contribution in [-0.2, 0) is 0 Å². The Hall–Kier alpha value is -2.25. The summed E-state index contributed by atoms with van der Waals surface area (Å²) >= 11 is 1.82. The largest absolute Gasteiger partial charge is 0.480 e. The summed E-state index contributed by atoms with van der Waals surface area (Å²) in [4.78, 5) is 16.2. The number of likely N-dealkylation sites (tertiary alicyclic amines) is 1. The first-order valence-electron chi connectivity index (χ1n) is 10.3. The molecule has 1 aliphatic heterocycles. The number of thiazole rings is 1. The number of nitrogens with zero attached hydrogens (tertiary/aromatic N) is 4. The molecule has 2 fully saturated rings. The van der Waals surface area contributed by atoms with Gasteiger partial charge in [0.15, 0.2) is 0 Å². The molecular formula is C22H26N4O2S. The molecule has 3 heterocycles. The van der Waals surface area contributed by atoms with Gasteiger partial charge in [-0.15, -0.1) is 11.3 Å². The molecule has 0 spiro atoms. The van der Waals surface area contributed by atoms with Gasteiger partial charge in [-0.3, -0.25) is 4.90 Å². The first-order valence-corrected chi connectivity index (χ1v) is 11.1. The van der Waals surface area contributed by atoms with Crippen LogP contribution in [0.1, 0.15) is 43.5 Å². The Morgan fingerprint density at radius 1 is 1.14 bits per heavy atom. The third-order valence-electron chi connectivity index (χ3n) is 6.36. The maximum Gasteiger partial charge on any atom is 0.319 e. The zero-order valence-electron chi connectivity index (χ0n) is 17.1. The van der Waals surface area contributed by atoms with Gasteiger partial charge >= 0.3 is 6.01 Å². The van der Waals surface area contributed by atoms with Gasteiger partial charge in [0, 0.05) is 24.2 Å². The first kappa shape index (κ1) is 18.8. The fraction of sp³-hybridized carbons (Fsp3) is 0.500. The van der Waals surface area contributed by atoms with E-state index in [1.807, 2.05) is 11.3 Å². The Bertz CT molecular complexity index is 1030. The molecule has 6 nitrogen and oxygen atoms in total. The average molecular weight is 411 g/mol. The standard InChI is InChI=1S/C22H26N4O2S/c1-13-5-4-8-26(13)16-9-15(10-16)21-24-18-7-6-14(11-19(18)29-21)17-12-23-22(28-3)25-20(17)27-2/h6-7,11-13,15-16H,4-5,8-10H2,1-3H3/t13-,15-,16-/m1/s1. The van der Waals surface area contributed by atoms with Crippen molar-refractivity contribution in [1.82, 2.24) is 19.9 Å². The number of aromatic nitrogens is 3. The van der Waals surface area contributed by atoms with Crippen molar-refractivity contribution >= 4 is 21.6 Å². The SMILES string of the molecule is COc1ncc(-c2ccc3nc([C@H]4C[C@H](N5CCC[C@H]5C)C4)sc3c2)c(OC)n1. The molecule has 2 aliphatic rings. The van der Waals surface area contributed by atoms with E-state index in [1.165, 1.54) is 41.9 Å². The molecule has 2 aromatic heterocycles. The first-order chi connectivity index (χ1) is 14.2. The van der Waals surface area contributed by atoms with Crippen LogP contribution in [0.2, 0.25) is 0 Å². The van der Waals surface area contributed by atoms with E-state index < -0.39 is 0 Å². The van der Waals surface area contributed by atoms with Crippen molar-refractivity contribution in [2.24, 2.45) is 0 Å². The van der Waals surface area contributed by atoms with E-state index in [9.17, 15) is 0 Å². The lowest BCUT2D eigenvalue weighted by molar-refractivity contribution is 0.103. The zero-order valence-corrected chi connectivity index (χ0v) is 17.9. The van der Waals surface area contributed by atoms with E-state index in [0.29, 0.717) is 17.8 Å². The highest BCUT2D eigenvalue weighted by molar-refractivity contribution is 7.18. The molecule has 152 valence electrons. The van der Waals surface area contributed by atoms with Crippen molar-refractivity contribution in [3.63, 3.8) is 0 Å². The molecule has 5 rings (SSSR count). The minimum atomic E-state index is 0.304. The van der Waals surface area contributed by atoms with Crippen LogP contribution in [-0.4, -0.2) is 52.7 Å². The summed E-state index contributed by atoms with van der Waals surface area (Å²) in [6.45, 7) is 3.64. The smallest absolute Gasteiger partial charge is 0.319 e. The van der Waals surface area contributed by atoms with Crippen molar-refractivity contribution < 1.29 is 9.47 Å². The molecule has 1 saturated carbocycles. The second-order valence-electron chi connectivity index (χ2n) is 8.07. The molecule has 29 heavy (non-hydrogen) atoms. The molecule has 1 aliphatic carbocycles. The van der Waals surface area contributed by atoms with E-state index in [0.717, 1.165) is 28.7 Å². The number of rotatable bonds is 5. The van der Waals surface area contributed by atoms with Gasteiger partial charge in [0.05, 0.1) is 35.0 Å². The van der Waals surface area contributed by atoms with Crippen molar-refractivity contribution in [3.05, 3.63) is 29.4 Å².